The highest BCUT2D eigenvalue weighted by Gasteiger charge is 2.30. The Kier molecular flexibility index (Phi) is 7.12. The molecule has 7 heteroatoms. The van der Waals surface area contributed by atoms with Crippen molar-refractivity contribution in [2.45, 2.75) is 20.0 Å². The molecule has 1 aromatic carbocycles. The quantitative estimate of drug-likeness (QED) is 0.498. The smallest absolute Gasteiger partial charge is 0.308 e. The number of allylic oxidation sites excluding steroid dienone is 2. The van der Waals surface area contributed by atoms with Crippen LogP contribution in [0, 0.1) is 5.41 Å². The summed E-state index contributed by atoms with van der Waals surface area (Å²) in [7, 11) is 0. The molecule has 0 saturated heterocycles. The molecule has 0 bridgehead atoms. The molecule has 0 fully saturated rings. The second-order valence-electron chi connectivity index (χ2n) is 6.32. The van der Waals surface area contributed by atoms with Crippen molar-refractivity contribution >= 4 is 29.8 Å². The maximum absolute atomic E-state index is 13.2. The van der Waals surface area contributed by atoms with Crippen LogP contribution in [0.2, 0.25) is 0 Å². The van der Waals surface area contributed by atoms with Crippen molar-refractivity contribution < 1.29 is 13.2 Å². The highest BCUT2D eigenvalue weighted by atomic mass is 19.4. The number of hydrogen-bond donors (Lipinski definition) is 1. The molecule has 0 amide bonds. The van der Waals surface area contributed by atoms with Gasteiger partial charge in [0.1, 0.15) is 0 Å². The summed E-state index contributed by atoms with van der Waals surface area (Å²) in [6, 6.07) is 7.33. The summed E-state index contributed by atoms with van der Waals surface area (Å²) in [4.78, 5) is 16.9. The van der Waals surface area contributed by atoms with Crippen molar-refractivity contribution in [3.05, 3.63) is 93.4 Å². The summed E-state index contributed by atoms with van der Waals surface area (Å²) < 4.78 is 40.7. The maximum Gasteiger partial charge on any atom is 0.416 e. The van der Waals surface area contributed by atoms with Crippen molar-refractivity contribution in [2.24, 2.45) is 0 Å². The number of nitrogens with one attached hydrogen (secondary N) is 1. The fraction of sp³-hybridized carbons (Fsp3) is 0.125. The molecule has 3 aromatic rings. The number of aromatic nitrogens is 2. The molecule has 0 aliphatic heterocycles. The molecule has 0 unspecified atom stereocenters. The highest BCUT2D eigenvalue weighted by molar-refractivity contribution is 5.88. The van der Waals surface area contributed by atoms with Crippen LogP contribution in [0.4, 0.5) is 13.2 Å². The lowest BCUT2D eigenvalue weighted by Gasteiger charge is -2.14. The Bertz CT molecular complexity index is 1330. The van der Waals surface area contributed by atoms with Gasteiger partial charge in [-0.05, 0) is 41.5 Å². The van der Waals surface area contributed by atoms with Gasteiger partial charge >= 0.3 is 6.18 Å². The number of halogens is 3. The van der Waals surface area contributed by atoms with Crippen molar-refractivity contribution in [3.8, 4) is 5.69 Å². The minimum atomic E-state index is -4.55. The summed E-state index contributed by atoms with van der Waals surface area (Å²) >= 11 is 0. The van der Waals surface area contributed by atoms with Crippen LogP contribution < -0.4 is 16.1 Å². The molecule has 0 spiro atoms. The van der Waals surface area contributed by atoms with E-state index < -0.39 is 17.3 Å². The first kappa shape index (κ1) is 23.5. The van der Waals surface area contributed by atoms with Crippen LogP contribution >= 0.6 is 0 Å². The van der Waals surface area contributed by atoms with Gasteiger partial charge in [0.25, 0.3) is 5.56 Å². The summed E-state index contributed by atoms with van der Waals surface area (Å²) in [6.07, 6.45) is -0.463. The molecule has 3 rings (SSSR count). The van der Waals surface area contributed by atoms with E-state index in [-0.39, 0.29) is 5.69 Å². The molecule has 0 aliphatic rings. The Balaban J connectivity index is 0.00000166. The molecule has 31 heavy (non-hydrogen) atoms. The number of fused-ring (bicyclic) bond motifs is 1. The second kappa shape index (κ2) is 9.38. The van der Waals surface area contributed by atoms with Crippen LogP contribution in [0.25, 0.3) is 29.2 Å². The molecular formula is C24H22F3N3O. The zero-order valence-corrected chi connectivity index (χ0v) is 17.3. The Morgan fingerprint density at radius 3 is 2.42 bits per heavy atom. The SMILES string of the molecule is C=C(C=N)C(=C)/C=c1\c(=C)ncc2ccc(=O)n(-c3cccc(C(F)(F)F)c3)c12.CC. The lowest BCUT2D eigenvalue weighted by atomic mass is 10.1. The summed E-state index contributed by atoms with van der Waals surface area (Å²) in [6.45, 7) is 15.4. The number of pyridine rings is 2. The Labute approximate surface area is 177 Å². The fourth-order valence-corrected chi connectivity index (χ4v) is 2.88. The summed E-state index contributed by atoms with van der Waals surface area (Å²) in [5.41, 5.74) is -0.234. The van der Waals surface area contributed by atoms with E-state index in [9.17, 15) is 18.0 Å². The molecule has 160 valence electrons. The van der Waals surface area contributed by atoms with E-state index in [1.54, 1.807) is 12.1 Å². The van der Waals surface area contributed by atoms with Crippen LogP contribution in [-0.2, 0) is 6.18 Å². The van der Waals surface area contributed by atoms with Crippen LogP contribution in [0.3, 0.4) is 0 Å². The van der Waals surface area contributed by atoms with Crippen LogP contribution in [-0.4, -0.2) is 15.8 Å². The third-order valence-corrected chi connectivity index (χ3v) is 4.39. The Morgan fingerprint density at radius 1 is 1.13 bits per heavy atom. The number of rotatable bonds is 4. The predicted molar refractivity (Wildman–Crippen MR) is 120 cm³/mol. The lowest BCUT2D eigenvalue weighted by molar-refractivity contribution is -0.137. The number of nitrogens with zero attached hydrogens (tertiary/aromatic N) is 2. The highest BCUT2D eigenvalue weighted by Crippen LogP contribution is 2.30. The predicted octanol–water partition coefficient (Wildman–Crippen LogP) is 4.38. The average molecular weight is 425 g/mol. The lowest BCUT2D eigenvalue weighted by Crippen LogP contribution is -2.32. The first-order valence-corrected chi connectivity index (χ1v) is 9.41. The zero-order chi connectivity index (χ0) is 23.3. The van der Waals surface area contributed by atoms with Gasteiger partial charge in [0.2, 0.25) is 0 Å². The van der Waals surface area contributed by atoms with Gasteiger partial charge in [-0.25, -0.2) is 0 Å². The Hall–Kier alpha value is -3.74. The Morgan fingerprint density at radius 2 is 1.81 bits per heavy atom. The largest absolute Gasteiger partial charge is 0.416 e. The first-order valence-electron chi connectivity index (χ1n) is 9.41. The molecule has 1 N–H and O–H groups in total. The number of hydrogen-bond acceptors (Lipinski definition) is 3. The van der Waals surface area contributed by atoms with E-state index in [1.165, 1.54) is 29.0 Å². The third-order valence-electron chi connectivity index (χ3n) is 4.39. The van der Waals surface area contributed by atoms with Crippen LogP contribution in [0.15, 0.2) is 71.7 Å². The molecular weight excluding hydrogens is 403 g/mol. The summed E-state index contributed by atoms with van der Waals surface area (Å²) in [5, 5.41) is 8.57. The van der Waals surface area contributed by atoms with Gasteiger partial charge < -0.3 is 5.41 Å². The van der Waals surface area contributed by atoms with E-state index in [1.807, 2.05) is 13.8 Å². The van der Waals surface area contributed by atoms with Gasteiger partial charge in [-0.1, -0.05) is 39.7 Å². The van der Waals surface area contributed by atoms with Gasteiger partial charge in [0.15, 0.2) is 0 Å². The first-order chi connectivity index (χ1) is 14.6. The van der Waals surface area contributed by atoms with Gasteiger partial charge in [-0.15, -0.1) is 0 Å². The van der Waals surface area contributed by atoms with E-state index in [0.29, 0.717) is 32.6 Å². The van der Waals surface area contributed by atoms with Gasteiger partial charge in [0.05, 0.1) is 16.4 Å². The van der Waals surface area contributed by atoms with Crippen molar-refractivity contribution in [2.75, 3.05) is 0 Å². The van der Waals surface area contributed by atoms with E-state index >= 15 is 0 Å². The van der Waals surface area contributed by atoms with E-state index in [2.05, 4.69) is 24.7 Å². The topological polar surface area (TPSA) is 58.7 Å². The number of alkyl halides is 3. The minimum Gasteiger partial charge on any atom is -0.308 e. The van der Waals surface area contributed by atoms with E-state index in [4.69, 9.17) is 5.41 Å². The molecule has 0 aliphatic carbocycles. The molecule has 2 aromatic heterocycles. The fourth-order valence-electron chi connectivity index (χ4n) is 2.88. The van der Waals surface area contributed by atoms with Gasteiger partial charge in [-0.3, -0.25) is 14.3 Å². The standard InChI is InChI=1S/C22H16F3N3O.C2H6/c1-13(14(2)11-26)9-19-15(3)27-12-16-7-8-20(29)28(21(16)19)18-6-4-5-17(10-18)22(23,24)25;1-2/h4-12,26H,1-3H2;1-2H3/b19-9+,26-11?;. The second-order valence-corrected chi connectivity index (χ2v) is 6.32. The van der Waals surface area contributed by atoms with Gasteiger partial charge in [-0.2, -0.15) is 13.2 Å². The third kappa shape index (κ3) is 4.88. The van der Waals surface area contributed by atoms with Crippen molar-refractivity contribution in [3.63, 3.8) is 0 Å². The molecule has 2 heterocycles. The van der Waals surface area contributed by atoms with E-state index in [0.717, 1.165) is 18.3 Å². The average Bonchev–Trinajstić information content (AvgIpc) is 2.76. The minimum absolute atomic E-state index is 0.0622. The molecule has 0 atom stereocenters. The van der Waals surface area contributed by atoms with Gasteiger partial charge in [0, 0.05) is 34.8 Å². The molecule has 4 nitrogen and oxygen atoms in total. The normalized spacial score (nSPS) is 11.6. The maximum atomic E-state index is 13.2. The summed E-state index contributed by atoms with van der Waals surface area (Å²) in [5.74, 6) is 0. The van der Waals surface area contributed by atoms with Crippen LogP contribution in [0.5, 0.6) is 0 Å². The monoisotopic (exact) mass is 425 g/mol. The number of benzene rings is 1. The molecule has 0 saturated carbocycles. The van der Waals surface area contributed by atoms with Crippen LogP contribution in [0.1, 0.15) is 19.4 Å². The van der Waals surface area contributed by atoms with Crippen molar-refractivity contribution in [1.29, 1.82) is 5.41 Å². The van der Waals surface area contributed by atoms with Crippen molar-refractivity contribution in [1.82, 2.24) is 9.55 Å². The zero-order valence-electron chi connectivity index (χ0n) is 17.3. The molecule has 0 radical (unpaired) electrons.